The Morgan fingerprint density at radius 1 is 0.647 bits per heavy atom. The molecule has 4 heteroatoms. The van der Waals surface area contributed by atoms with E-state index >= 15 is 0 Å². The fraction of sp³-hybridized carbons (Fsp3) is 0.400. The van der Waals surface area contributed by atoms with E-state index in [0.29, 0.717) is 30.8 Å². The van der Waals surface area contributed by atoms with Crippen LogP contribution in [0, 0.1) is 11.8 Å². The Morgan fingerprint density at radius 3 is 1.76 bits per heavy atom. The number of benzene rings is 3. The summed E-state index contributed by atoms with van der Waals surface area (Å²) in [5.41, 5.74) is 5.48. The second kappa shape index (κ2) is 12.6. The Kier molecular flexibility index (Phi) is 9.55. The van der Waals surface area contributed by atoms with Gasteiger partial charge in [-0.05, 0) is 76.3 Å². The van der Waals surface area contributed by atoms with Crippen molar-refractivity contribution in [1.82, 2.24) is 0 Å². The Labute approximate surface area is 204 Å². The number of aliphatic hydroxyl groups is 2. The molecule has 182 valence electrons. The van der Waals surface area contributed by atoms with Crippen LogP contribution in [0.1, 0.15) is 51.7 Å². The van der Waals surface area contributed by atoms with Gasteiger partial charge in [-0.3, -0.25) is 0 Å². The van der Waals surface area contributed by atoms with E-state index in [4.69, 9.17) is 9.47 Å². The molecule has 0 amide bonds. The lowest BCUT2D eigenvalue weighted by Gasteiger charge is -2.20. The summed E-state index contributed by atoms with van der Waals surface area (Å²) in [7, 11) is 0. The molecule has 0 aliphatic carbocycles. The van der Waals surface area contributed by atoms with Crippen molar-refractivity contribution in [2.75, 3.05) is 13.2 Å². The molecule has 0 radical (unpaired) electrons. The van der Waals surface area contributed by atoms with E-state index in [0.717, 1.165) is 52.0 Å². The summed E-state index contributed by atoms with van der Waals surface area (Å²) in [6, 6.07) is 19.9. The molecule has 3 aromatic carbocycles. The van der Waals surface area contributed by atoms with Crippen LogP contribution in [0.3, 0.4) is 0 Å². The van der Waals surface area contributed by atoms with Crippen molar-refractivity contribution in [2.24, 2.45) is 11.8 Å². The molecule has 0 heterocycles. The topological polar surface area (TPSA) is 58.9 Å². The summed E-state index contributed by atoms with van der Waals surface area (Å²) in [4.78, 5) is 0. The van der Waals surface area contributed by atoms with Gasteiger partial charge < -0.3 is 19.7 Å². The number of rotatable bonds is 12. The molecular weight excluding hydrogens is 424 g/mol. The second-order valence-electron chi connectivity index (χ2n) is 9.58. The molecule has 0 fully saturated rings. The molecule has 0 aliphatic rings. The average Bonchev–Trinajstić information content (AvgIpc) is 2.84. The minimum atomic E-state index is -0.0918. The zero-order valence-corrected chi connectivity index (χ0v) is 20.9. The van der Waals surface area contributed by atoms with Crippen LogP contribution in [0.15, 0.2) is 60.7 Å². The van der Waals surface area contributed by atoms with Gasteiger partial charge in [-0.15, -0.1) is 0 Å². The highest BCUT2D eigenvalue weighted by Gasteiger charge is 2.18. The minimum absolute atomic E-state index is 0.0620. The molecule has 0 spiro atoms. The lowest BCUT2D eigenvalue weighted by atomic mass is 9.90. The van der Waals surface area contributed by atoms with Crippen LogP contribution in [0.4, 0.5) is 0 Å². The molecule has 3 rings (SSSR count). The largest absolute Gasteiger partial charge is 0.490 e. The SMILES string of the molecule is CC(C)CCOc1cc(-c2ccccc2)c(-c2cc(CO)ccc2CO)cc1OCCC(C)C. The molecule has 0 atom stereocenters. The van der Waals surface area contributed by atoms with Crippen molar-refractivity contribution in [3.8, 4) is 33.8 Å². The highest BCUT2D eigenvalue weighted by Crippen LogP contribution is 2.42. The van der Waals surface area contributed by atoms with Gasteiger partial charge in [0.1, 0.15) is 0 Å². The lowest BCUT2D eigenvalue weighted by molar-refractivity contribution is 0.247. The normalized spacial score (nSPS) is 11.3. The summed E-state index contributed by atoms with van der Waals surface area (Å²) in [5.74, 6) is 2.52. The highest BCUT2D eigenvalue weighted by molar-refractivity contribution is 5.87. The number of ether oxygens (including phenoxy) is 2. The summed E-state index contributed by atoms with van der Waals surface area (Å²) >= 11 is 0. The van der Waals surface area contributed by atoms with Gasteiger partial charge in [0.2, 0.25) is 0 Å². The molecule has 0 bridgehead atoms. The van der Waals surface area contributed by atoms with Crippen LogP contribution in [-0.2, 0) is 13.2 Å². The van der Waals surface area contributed by atoms with Gasteiger partial charge in [0.05, 0.1) is 26.4 Å². The van der Waals surface area contributed by atoms with Gasteiger partial charge in [-0.25, -0.2) is 0 Å². The van der Waals surface area contributed by atoms with Gasteiger partial charge >= 0.3 is 0 Å². The van der Waals surface area contributed by atoms with Crippen molar-refractivity contribution in [3.05, 3.63) is 71.8 Å². The summed E-state index contributed by atoms with van der Waals surface area (Å²) in [5, 5.41) is 19.8. The molecule has 0 aromatic heterocycles. The van der Waals surface area contributed by atoms with Crippen LogP contribution < -0.4 is 9.47 Å². The van der Waals surface area contributed by atoms with Gasteiger partial charge in [0.25, 0.3) is 0 Å². The predicted octanol–water partition coefficient (Wildman–Crippen LogP) is 6.86. The first kappa shape index (κ1) is 25.8. The third-order valence-electron chi connectivity index (χ3n) is 5.89. The molecule has 0 saturated carbocycles. The third kappa shape index (κ3) is 6.85. The number of hydrogen-bond acceptors (Lipinski definition) is 4. The number of hydrogen-bond donors (Lipinski definition) is 2. The average molecular weight is 463 g/mol. The van der Waals surface area contributed by atoms with Crippen molar-refractivity contribution >= 4 is 0 Å². The van der Waals surface area contributed by atoms with Crippen LogP contribution in [0.25, 0.3) is 22.3 Å². The first-order chi connectivity index (χ1) is 16.4. The predicted molar refractivity (Wildman–Crippen MR) is 139 cm³/mol. The smallest absolute Gasteiger partial charge is 0.161 e. The second-order valence-corrected chi connectivity index (χ2v) is 9.58. The highest BCUT2D eigenvalue weighted by atomic mass is 16.5. The molecule has 0 aliphatic heterocycles. The Hall–Kier alpha value is -2.82. The van der Waals surface area contributed by atoms with Crippen LogP contribution in [0.5, 0.6) is 11.5 Å². The van der Waals surface area contributed by atoms with E-state index in [1.165, 1.54) is 0 Å². The molecule has 0 unspecified atom stereocenters. The van der Waals surface area contributed by atoms with Gasteiger partial charge in [-0.1, -0.05) is 70.2 Å². The monoisotopic (exact) mass is 462 g/mol. The molecule has 4 nitrogen and oxygen atoms in total. The Bertz CT molecular complexity index is 1040. The number of aliphatic hydroxyl groups excluding tert-OH is 2. The van der Waals surface area contributed by atoms with Crippen molar-refractivity contribution in [1.29, 1.82) is 0 Å². The van der Waals surface area contributed by atoms with Crippen molar-refractivity contribution < 1.29 is 19.7 Å². The van der Waals surface area contributed by atoms with E-state index in [1.54, 1.807) is 0 Å². The summed E-state index contributed by atoms with van der Waals surface area (Å²) in [6.07, 6.45) is 1.91. The van der Waals surface area contributed by atoms with Crippen LogP contribution in [0.2, 0.25) is 0 Å². The maximum absolute atomic E-state index is 10.1. The van der Waals surface area contributed by atoms with Gasteiger partial charge in [0.15, 0.2) is 11.5 Å². The summed E-state index contributed by atoms with van der Waals surface area (Å²) < 4.78 is 12.5. The van der Waals surface area contributed by atoms with Crippen molar-refractivity contribution in [3.63, 3.8) is 0 Å². The van der Waals surface area contributed by atoms with Crippen molar-refractivity contribution in [2.45, 2.75) is 53.8 Å². The van der Waals surface area contributed by atoms with E-state index in [9.17, 15) is 10.2 Å². The van der Waals surface area contributed by atoms with E-state index in [1.807, 2.05) is 42.5 Å². The van der Waals surface area contributed by atoms with E-state index in [2.05, 4.69) is 45.9 Å². The maximum Gasteiger partial charge on any atom is 0.161 e. The minimum Gasteiger partial charge on any atom is -0.490 e. The standard InChI is InChI=1S/C30H38O4/c1-21(2)12-14-33-29-17-27(24-8-6-5-7-9-24)28(18-30(29)34-15-13-22(3)4)26-16-23(19-31)10-11-25(26)20-32/h5-11,16-18,21-22,31-32H,12-15,19-20H2,1-4H3. The van der Waals surface area contributed by atoms with E-state index < -0.39 is 0 Å². The fourth-order valence-electron chi connectivity index (χ4n) is 3.78. The van der Waals surface area contributed by atoms with Crippen LogP contribution >= 0.6 is 0 Å². The molecule has 34 heavy (non-hydrogen) atoms. The third-order valence-corrected chi connectivity index (χ3v) is 5.89. The fourth-order valence-corrected chi connectivity index (χ4v) is 3.78. The van der Waals surface area contributed by atoms with Gasteiger partial charge in [-0.2, -0.15) is 0 Å². The van der Waals surface area contributed by atoms with Crippen LogP contribution in [-0.4, -0.2) is 23.4 Å². The first-order valence-electron chi connectivity index (χ1n) is 12.3. The molecule has 0 saturated heterocycles. The Balaban J connectivity index is 2.17. The maximum atomic E-state index is 10.1. The van der Waals surface area contributed by atoms with E-state index in [-0.39, 0.29) is 13.2 Å². The Morgan fingerprint density at radius 2 is 1.24 bits per heavy atom. The zero-order valence-electron chi connectivity index (χ0n) is 20.9. The molecule has 2 N–H and O–H groups in total. The first-order valence-corrected chi connectivity index (χ1v) is 12.3. The molecule has 3 aromatic rings. The van der Waals surface area contributed by atoms with Gasteiger partial charge in [0, 0.05) is 0 Å². The quantitative estimate of drug-likeness (QED) is 0.309. The summed E-state index contributed by atoms with van der Waals surface area (Å²) in [6.45, 7) is 9.81. The molecular formula is C30H38O4. The zero-order chi connectivity index (χ0) is 24.5. The lowest BCUT2D eigenvalue weighted by Crippen LogP contribution is -2.07.